The van der Waals surface area contributed by atoms with Gasteiger partial charge in [-0.15, -0.1) is 11.6 Å². The lowest BCUT2D eigenvalue weighted by molar-refractivity contribution is 0.765. The molecule has 1 aromatic heterocycles. The minimum absolute atomic E-state index is 0.446. The minimum Gasteiger partial charge on any atom is -0.240 e. The number of nitrogens with zero attached hydrogens (tertiary/aromatic N) is 2. The molecule has 3 heteroatoms. The van der Waals surface area contributed by atoms with E-state index < -0.39 is 0 Å². The SMILES string of the molecule is Cc1ccc(-n2ccc(C(C)C)n2)c(CCl)c1. The van der Waals surface area contributed by atoms with Gasteiger partial charge in [0.1, 0.15) is 0 Å². The van der Waals surface area contributed by atoms with Gasteiger partial charge in [0.15, 0.2) is 0 Å². The molecule has 0 spiro atoms. The van der Waals surface area contributed by atoms with Gasteiger partial charge < -0.3 is 0 Å². The van der Waals surface area contributed by atoms with Crippen LogP contribution in [0.2, 0.25) is 0 Å². The predicted molar refractivity (Wildman–Crippen MR) is 71.9 cm³/mol. The molecule has 2 rings (SSSR count). The fraction of sp³-hybridized carbons (Fsp3) is 0.357. The molecular weight excluding hydrogens is 232 g/mol. The summed E-state index contributed by atoms with van der Waals surface area (Å²) in [7, 11) is 0. The number of benzene rings is 1. The first-order valence-corrected chi connectivity index (χ1v) is 6.36. The van der Waals surface area contributed by atoms with Crippen molar-refractivity contribution in [1.82, 2.24) is 9.78 Å². The van der Waals surface area contributed by atoms with Crippen molar-refractivity contribution >= 4 is 11.6 Å². The van der Waals surface area contributed by atoms with Crippen molar-refractivity contribution in [2.45, 2.75) is 32.6 Å². The van der Waals surface area contributed by atoms with E-state index >= 15 is 0 Å². The summed E-state index contributed by atoms with van der Waals surface area (Å²) in [4.78, 5) is 0. The van der Waals surface area contributed by atoms with E-state index in [4.69, 9.17) is 11.6 Å². The van der Waals surface area contributed by atoms with Gasteiger partial charge in [-0.2, -0.15) is 5.10 Å². The quantitative estimate of drug-likeness (QED) is 0.750. The van der Waals surface area contributed by atoms with Crippen molar-refractivity contribution in [3.63, 3.8) is 0 Å². The van der Waals surface area contributed by atoms with Gasteiger partial charge in [-0.1, -0.05) is 31.5 Å². The molecule has 2 aromatic rings. The van der Waals surface area contributed by atoms with E-state index in [2.05, 4.69) is 50.1 Å². The number of aromatic nitrogens is 2. The van der Waals surface area contributed by atoms with Crippen LogP contribution in [-0.4, -0.2) is 9.78 Å². The molecule has 1 heterocycles. The smallest absolute Gasteiger partial charge is 0.0689 e. The number of alkyl halides is 1. The summed E-state index contributed by atoms with van der Waals surface area (Å²) in [6.45, 7) is 6.36. The van der Waals surface area contributed by atoms with Crippen LogP contribution < -0.4 is 0 Å². The Kier molecular flexibility index (Phi) is 3.53. The van der Waals surface area contributed by atoms with E-state index in [0.29, 0.717) is 11.8 Å². The van der Waals surface area contributed by atoms with Crippen molar-refractivity contribution in [1.29, 1.82) is 0 Å². The van der Waals surface area contributed by atoms with Crippen LogP contribution in [0.4, 0.5) is 0 Å². The third-order valence-electron chi connectivity index (χ3n) is 2.83. The summed E-state index contributed by atoms with van der Waals surface area (Å²) < 4.78 is 1.91. The van der Waals surface area contributed by atoms with Crippen molar-refractivity contribution < 1.29 is 0 Å². The summed E-state index contributed by atoms with van der Waals surface area (Å²) in [5, 5.41) is 4.58. The van der Waals surface area contributed by atoms with Gasteiger partial charge >= 0.3 is 0 Å². The molecule has 0 N–H and O–H groups in total. The third-order valence-corrected chi connectivity index (χ3v) is 3.11. The summed E-state index contributed by atoms with van der Waals surface area (Å²) >= 11 is 5.98. The fourth-order valence-electron chi connectivity index (χ4n) is 1.82. The Bertz CT molecular complexity index is 515. The monoisotopic (exact) mass is 248 g/mol. The highest BCUT2D eigenvalue weighted by molar-refractivity contribution is 6.17. The van der Waals surface area contributed by atoms with Crippen LogP contribution in [0.1, 0.15) is 36.6 Å². The topological polar surface area (TPSA) is 17.8 Å². The first-order valence-electron chi connectivity index (χ1n) is 5.83. The number of rotatable bonds is 3. The zero-order valence-electron chi connectivity index (χ0n) is 10.4. The molecule has 0 atom stereocenters. The maximum atomic E-state index is 5.98. The average Bonchev–Trinajstić information content (AvgIpc) is 2.78. The van der Waals surface area contributed by atoms with Crippen LogP contribution in [0.25, 0.3) is 5.69 Å². The molecule has 0 fully saturated rings. The number of halogens is 1. The van der Waals surface area contributed by atoms with Crippen LogP contribution in [0.15, 0.2) is 30.5 Å². The maximum Gasteiger partial charge on any atom is 0.0689 e. The Balaban J connectivity index is 2.44. The first-order chi connectivity index (χ1) is 8.11. The molecule has 0 radical (unpaired) electrons. The summed E-state index contributed by atoms with van der Waals surface area (Å²) in [5.74, 6) is 0.953. The molecule has 0 saturated carbocycles. The molecule has 2 nitrogen and oxygen atoms in total. The second-order valence-electron chi connectivity index (χ2n) is 4.61. The summed E-state index contributed by atoms with van der Waals surface area (Å²) in [6, 6.07) is 8.33. The molecule has 0 unspecified atom stereocenters. The number of hydrogen-bond acceptors (Lipinski definition) is 1. The van der Waals surface area contributed by atoms with Gasteiger partial charge in [0.2, 0.25) is 0 Å². The summed E-state index contributed by atoms with van der Waals surface area (Å²) in [6.07, 6.45) is 2.00. The lowest BCUT2D eigenvalue weighted by Crippen LogP contribution is -2.01. The third kappa shape index (κ3) is 2.52. The Morgan fingerprint density at radius 1 is 1.29 bits per heavy atom. The second-order valence-corrected chi connectivity index (χ2v) is 4.87. The second kappa shape index (κ2) is 4.92. The van der Waals surface area contributed by atoms with Gasteiger partial charge in [-0.3, -0.25) is 0 Å². The van der Waals surface area contributed by atoms with Crippen LogP contribution in [0, 0.1) is 6.92 Å². The van der Waals surface area contributed by atoms with E-state index in [9.17, 15) is 0 Å². The van der Waals surface area contributed by atoms with Crippen LogP contribution in [0.3, 0.4) is 0 Å². The highest BCUT2D eigenvalue weighted by Crippen LogP contribution is 2.20. The van der Waals surface area contributed by atoms with Gasteiger partial charge in [0.05, 0.1) is 11.4 Å². The molecule has 1 aromatic carbocycles. The highest BCUT2D eigenvalue weighted by atomic mass is 35.5. The lowest BCUT2D eigenvalue weighted by Gasteiger charge is -2.08. The lowest BCUT2D eigenvalue weighted by atomic mass is 10.1. The summed E-state index contributed by atoms with van der Waals surface area (Å²) in [5.41, 5.74) is 4.51. The van der Waals surface area contributed by atoms with Crippen LogP contribution in [-0.2, 0) is 5.88 Å². The molecular formula is C14H17ClN2. The van der Waals surface area contributed by atoms with Crippen molar-refractivity contribution in [2.75, 3.05) is 0 Å². The molecule has 0 saturated heterocycles. The molecule has 0 aliphatic rings. The number of hydrogen-bond donors (Lipinski definition) is 0. The predicted octanol–water partition coefficient (Wildman–Crippen LogP) is 4.04. The fourth-order valence-corrected chi connectivity index (χ4v) is 2.04. The molecule has 0 aliphatic carbocycles. The van der Waals surface area contributed by atoms with E-state index in [-0.39, 0.29) is 0 Å². The van der Waals surface area contributed by atoms with E-state index in [1.165, 1.54) is 5.56 Å². The Morgan fingerprint density at radius 2 is 2.06 bits per heavy atom. The maximum absolute atomic E-state index is 5.98. The number of aryl methyl sites for hydroxylation is 1. The van der Waals surface area contributed by atoms with Crippen molar-refractivity contribution in [3.05, 3.63) is 47.3 Å². The van der Waals surface area contributed by atoms with Crippen molar-refractivity contribution in [3.8, 4) is 5.69 Å². The van der Waals surface area contributed by atoms with Gasteiger partial charge in [0, 0.05) is 12.1 Å². The van der Waals surface area contributed by atoms with E-state index in [1.807, 2.05) is 10.9 Å². The van der Waals surface area contributed by atoms with Crippen molar-refractivity contribution in [2.24, 2.45) is 0 Å². The Labute approximate surface area is 107 Å². The normalized spacial score (nSPS) is 11.1. The van der Waals surface area contributed by atoms with E-state index in [0.717, 1.165) is 16.9 Å². The van der Waals surface area contributed by atoms with Gasteiger partial charge in [-0.05, 0) is 30.5 Å². The van der Waals surface area contributed by atoms with E-state index in [1.54, 1.807) is 0 Å². The largest absolute Gasteiger partial charge is 0.240 e. The standard InChI is InChI=1S/C14H17ClN2/c1-10(2)13-6-7-17(16-13)14-5-4-11(3)8-12(14)9-15/h4-8,10H,9H2,1-3H3. The molecule has 17 heavy (non-hydrogen) atoms. The van der Waals surface area contributed by atoms with Crippen LogP contribution in [0.5, 0.6) is 0 Å². The minimum atomic E-state index is 0.446. The Morgan fingerprint density at radius 3 is 2.65 bits per heavy atom. The molecule has 0 amide bonds. The zero-order chi connectivity index (χ0) is 12.4. The van der Waals surface area contributed by atoms with Gasteiger partial charge in [0.25, 0.3) is 0 Å². The average molecular weight is 249 g/mol. The molecule has 90 valence electrons. The first kappa shape index (κ1) is 12.2. The molecule has 0 aliphatic heterocycles. The van der Waals surface area contributed by atoms with Crippen LogP contribution >= 0.6 is 11.6 Å². The highest BCUT2D eigenvalue weighted by Gasteiger charge is 2.08. The van der Waals surface area contributed by atoms with Gasteiger partial charge in [-0.25, -0.2) is 4.68 Å². The Hall–Kier alpha value is -1.28. The molecule has 0 bridgehead atoms. The zero-order valence-corrected chi connectivity index (χ0v) is 11.2.